The first kappa shape index (κ1) is 20.9. The minimum atomic E-state index is -4.84. The third-order valence-electron chi connectivity index (χ3n) is 3.88. The number of rotatable bonds is 7. The van der Waals surface area contributed by atoms with E-state index in [1.807, 2.05) is 6.07 Å². The van der Waals surface area contributed by atoms with Crippen LogP contribution in [-0.4, -0.2) is 29.9 Å². The van der Waals surface area contributed by atoms with E-state index in [1.165, 1.54) is 24.3 Å². The average Bonchev–Trinajstić information content (AvgIpc) is 3.21. The Morgan fingerprint density at radius 3 is 2.43 bits per heavy atom. The van der Waals surface area contributed by atoms with E-state index < -0.39 is 30.5 Å². The van der Waals surface area contributed by atoms with E-state index in [0.717, 1.165) is 11.6 Å². The molecule has 2 N–H and O–H groups in total. The van der Waals surface area contributed by atoms with Crippen molar-refractivity contribution in [2.45, 2.75) is 12.9 Å². The molecule has 0 aliphatic carbocycles. The summed E-state index contributed by atoms with van der Waals surface area (Å²) in [5.74, 6) is -1.24. The van der Waals surface area contributed by atoms with E-state index in [-0.39, 0.29) is 17.8 Å². The molecule has 0 bridgehead atoms. The highest BCUT2D eigenvalue weighted by molar-refractivity contribution is 5.95. The lowest BCUT2D eigenvalue weighted by Crippen LogP contribution is -2.36. The van der Waals surface area contributed by atoms with Crippen LogP contribution in [0, 0.1) is 0 Å². The topological polar surface area (TPSA) is 93.5 Å². The van der Waals surface area contributed by atoms with E-state index in [2.05, 4.69) is 20.5 Å². The van der Waals surface area contributed by atoms with Crippen LogP contribution in [0.25, 0.3) is 11.3 Å². The molecule has 0 radical (unpaired) electrons. The molecule has 0 aliphatic heterocycles. The molecule has 3 rings (SSSR count). The summed E-state index contributed by atoms with van der Waals surface area (Å²) < 4.78 is 46.3. The Labute approximate surface area is 168 Å². The number of amides is 2. The fourth-order valence-corrected chi connectivity index (χ4v) is 2.50. The van der Waals surface area contributed by atoms with E-state index in [9.17, 15) is 22.8 Å². The second-order valence-electron chi connectivity index (χ2n) is 6.06. The summed E-state index contributed by atoms with van der Waals surface area (Å²) in [4.78, 5) is 24.1. The van der Waals surface area contributed by atoms with E-state index in [4.69, 9.17) is 4.52 Å². The van der Waals surface area contributed by atoms with Crippen molar-refractivity contribution in [3.63, 3.8) is 0 Å². The molecule has 1 heterocycles. The zero-order valence-electron chi connectivity index (χ0n) is 15.4. The van der Waals surface area contributed by atoms with Crippen molar-refractivity contribution < 1.29 is 32.0 Å². The van der Waals surface area contributed by atoms with Gasteiger partial charge in [0.1, 0.15) is 5.75 Å². The lowest BCUT2D eigenvalue weighted by Gasteiger charge is -2.13. The first-order chi connectivity index (χ1) is 14.3. The standard InChI is InChI=1S/C20H16F3N3O4/c21-20(22,23)29-16-9-5-4-8-14(16)11-24-18(27)12-25-19(28)15-10-17(30-26-15)13-6-2-1-3-7-13/h1-10H,11-12H2,(H,24,27)(H,25,28). The molecule has 0 unspecified atom stereocenters. The highest BCUT2D eigenvalue weighted by atomic mass is 19.4. The highest BCUT2D eigenvalue weighted by Crippen LogP contribution is 2.26. The Morgan fingerprint density at radius 2 is 1.70 bits per heavy atom. The Bertz CT molecular complexity index is 1020. The number of alkyl halides is 3. The number of carbonyl (C=O) groups excluding carboxylic acids is 2. The number of halogens is 3. The van der Waals surface area contributed by atoms with Crippen molar-refractivity contribution in [2.24, 2.45) is 0 Å². The van der Waals surface area contributed by atoms with Crippen molar-refractivity contribution in [1.82, 2.24) is 15.8 Å². The summed E-state index contributed by atoms with van der Waals surface area (Å²) >= 11 is 0. The predicted molar refractivity (Wildman–Crippen MR) is 99.2 cm³/mol. The molecule has 0 saturated carbocycles. The number of para-hydroxylation sites is 1. The summed E-state index contributed by atoms with van der Waals surface area (Å²) in [6, 6.07) is 15.9. The summed E-state index contributed by atoms with van der Waals surface area (Å²) in [6.45, 7) is -0.599. The zero-order chi connectivity index (χ0) is 21.6. The Morgan fingerprint density at radius 1 is 1.00 bits per heavy atom. The molecule has 30 heavy (non-hydrogen) atoms. The summed E-state index contributed by atoms with van der Waals surface area (Å²) in [5.41, 5.74) is 0.866. The lowest BCUT2D eigenvalue weighted by molar-refractivity contribution is -0.274. The van der Waals surface area contributed by atoms with Gasteiger partial charge in [-0.2, -0.15) is 0 Å². The van der Waals surface area contributed by atoms with Crippen LogP contribution in [-0.2, 0) is 11.3 Å². The summed E-state index contributed by atoms with van der Waals surface area (Å²) in [6.07, 6.45) is -4.84. The quantitative estimate of drug-likeness (QED) is 0.613. The van der Waals surface area contributed by atoms with Crippen molar-refractivity contribution in [3.05, 3.63) is 71.9 Å². The van der Waals surface area contributed by atoms with Gasteiger partial charge in [-0.25, -0.2) is 0 Å². The monoisotopic (exact) mass is 419 g/mol. The molecule has 0 atom stereocenters. The van der Waals surface area contributed by atoms with Gasteiger partial charge in [0.05, 0.1) is 6.54 Å². The molecule has 0 spiro atoms. The van der Waals surface area contributed by atoms with Crippen molar-refractivity contribution >= 4 is 11.8 Å². The number of aromatic nitrogens is 1. The first-order valence-corrected chi connectivity index (χ1v) is 8.72. The minimum Gasteiger partial charge on any atom is -0.405 e. The third-order valence-corrected chi connectivity index (χ3v) is 3.88. The van der Waals surface area contributed by atoms with Crippen LogP contribution >= 0.6 is 0 Å². The number of hydrogen-bond acceptors (Lipinski definition) is 5. The number of carbonyl (C=O) groups is 2. The van der Waals surface area contributed by atoms with Crippen LogP contribution in [0.2, 0.25) is 0 Å². The minimum absolute atomic E-state index is 0.00873. The largest absolute Gasteiger partial charge is 0.573 e. The van der Waals surface area contributed by atoms with Gasteiger partial charge in [-0.05, 0) is 6.07 Å². The molecule has 7 nitrogen and oxygen atoms in total. The number of nitrogens with one attached hydrogen (secondary N) is 2. The zero-order valence-corrected chi connectivity index (χ0v) is 15.4. The fourth-order valence-electron chi connectivity index (χ4n) is 2.50. The molecule has 10 heteroatoms. The van der Waals surface area contributed by atoms with Crippen LogP contribution in [0.5, 0.6) is 5.75 Å². The predicted octanol–water partition coefficient (Wildman–Crippen LogP) is 3.29. The van der Waals surface area contributed by atoms with Crippen LogP contribution in [0.1, 0.15) is 16.1 Å². The van der Waals surface area contributed by atoms with Crippen molar-refractivity contribution in [3.8, 4) is 17.1 Å². The molecule has 0 fully saturated rings. The Hall–Kier alpha value is -3.82. The number of nitrogens with zero attached hydrogens (tertiary/aromatic N) is 1. The number of hydrogen-bond donors (Lipinski definition) is 2. The first-order valence-electron chi connectivity index (χ1n) is 8.72. The molecular formula is C20H16F3N3O4. The van der Waals surface area contributed by atoms with Gasteiger partial charge in [0.2, 0.25) is 5.91 Å². The molecule has 3 aromatic rings. The van der Waals surface area contributed by atoms with Gasteiger partial charge in [0.25, 0.3) is 5.91 Å². The van der Waals surface area contributed by atoms with Crippen molar-refractivity contribution in [2.75, 3.05) is 6.54 Å². The molecule has 2 aromatic carbocycles. The number of benzene rings is 2. The molecule has 2 amide bonds. The second-order valence-corrected chi connectivity index (χ2v) is 6.06. The maximum atomic E-state index is 12.4. The summed E-state index contributed by atoms with van der Waals surface area (Å²) in [5, 5.41) is 8.45. The maximum absolute atomic E-state index is 12.4. The average molecular weight is 419 g/mol. The van der Waals surface area contributed by atoms with Crippen LogP contribution in [0.15, 0.2) is 65.2 Å². The maximum Gasteiger partial charge on any atom is 0.573 e. The number of ether oxygens (including phenoxy) is 1. The molecule has 1 aromatic heterocycles. The Kier molecular flexibility index (Phi) is 6.35. The van der Waals surface area contributed by atoms with Gasteiger partial charge in [-0.3, -0.25) is 9.59 Å². The highest BCUT2D eigenvalue weighted by Gasteiger charge is 2.32. The second kappa shape index (κ2) is 9.12. The van der Waals surface area contributed by atoms with Gasteiger partial charge in [0.15, 0.2) is 11.5 Å². The summed E-state index contributed by atoms with van der Waals surface area (Å²) in [7, 11) is 0. The van der Waals surface area contributed by atoms with Crippen LogP contribution < -0.4 is 15.4 Å². The normalized spacial score (nSPS) is 11.0. The molecule has 0 saturated heterocycles. The van der Waals surface area contributed by atoms with Crippen LogP contribution in [0.4, 0.5) is 13.2 Å². The SMILES string of the molecule is O=C(CNC(=O)c1cc(-c2ccccc2)on1)NCc1ccccc1OC(F)(F)F. The van der Waals surface area contributed by atoms with E-state index >= 15 is 0 Å². The molecule has 0 aliphatic rings. The van der Waals surface area contributed by atoms with Crippen LogP contribution in [0.3, 0.4) is 0 Å². The molecular weight excluding hydrogens is 403 g/mol. The molecule has 156 valence electrons. The third kappa shape index (κ3) is 5.84. The van der Waals surface area contributed by atoms with Gasteiger partial charge in [0, 0.05) is 23.7 Å². The van der Waals surface area contributed by atoms with Crippen molar-refractivity contribution in [1.29, 1.82) is 0 Å². The van der Waals surface area contributed by atoms with E-state index in [0.29, 0.717) is 5.76 Å². The fraction of sp³-hybridized carbons (Fsp3) is 0.150. The smallest absolute Gasteiger partial charge is 0.405 e. The van der Waals surface area contributed by atoms with Gasteiger partial charge in [-0.1, -0.05) is 53.7 Å². The van der Waals surface area contributed by atoms with Gasteiger partial charge >= 0.3 is 6.36 Å². The van der Waals surface area contributed by atoms with Gasteiger partial charge in [-0.15, -0.1) is 13.2 Å². The van der Waals surface area contributed by atoms with E-state index in [1.54, 1.807) is 24.3 Å². The van der Waals surface area contributed by atoms with Gasteiger partial charge < -0.3 is 19.9 Å². The lowest BCUT2D eigenvalue weighted by atomic mass is 10.1. The Balaban J connectivity index is 1.51.